The topological polar surface area (TPSA) is 29.5 Å². The van der Waals surface area contributed by atoms with Gasteiger partial charge in [0.05, 0.1) is 19.8 Å². The van der Waals surface area contributed by atoms with Gasteiger partial charge >= 0.3 is 0 Å². The van der Waals surface area contributed by atoms with Gasteiger partial charge in [0.1, 0.15) is 0 Å². The molecule has 0 radical (unpaired) electrons. The van der Waals surface area contributed by atoms with Gasteiger partial charge in [0.15, 0.2) is 5.78 Å². The van der Waals surface area contributed by atoms with Crippen LogP contribution < -0.4 is 0 Å². The zero-order valence-corrected chi connectivity index (χ0v) is 13.0. The quantitative estimate of drug-likeness (QED) is 0.802. The lowest BCUT2D eigenvalue weighted by Crippen LogP contribution is -2.53. The second kappa shape index (κ2) is 5.58. The molecule has 1 saturated heterocycles. The van der Waals surface area contributed by atoms with E-state index >= 15 is 0 Å². The normalized spacial score (nSPS) is 43.3. The first-order valence-corrected chi connectivity index (χ1v) is 8.07. The van der Waals surface area contributed by atoms with Crippen LogP contribution in [0.1, 0.15) is 38.5 Å². The second-order valence-corrected chi connectivity index (χ2v) is 7.51. The molecule has 0 spiro atoms. The van der Waals surface area contributed by atoms with Crippen LogP contribution in [-0.2, 0) is 9.53 Å². The van der Waals surface area contributed by atoms with Crippen molar-refractivity contribution < 1.29 is 9.53 Å². The van der Waals surface area contributed by atoms with Gasteiger partial charge in [-0.3, -0.25) is 9.69 Å². The van der Waals surface area contributed by atoms with Crippen LogP contribution in [0.15, 0.2) is 0 Å². The Morgan fingerprint density at radius 3 is 2.00 bits per heavy atom. The fourth-order valence-corrected chi connectivity index (χ4v) is 5.58. The van der Waals surface area contributed by atoms with Crippen molar-refractivity contribution >= 4 is 18.2 Å². The Morgan fingerprint density at radius 1 is 1.00 bits per heavy atom. The van der Waals surface area contributed by atoms with Gasteiger partial charge in [-0.25, -0.2) is 0 Å². The number of ketones is 1. The van der Waals surface area contributed by atoms with Crippen molar-refractivity contribution in [2.75, 3.05) is 32.8 Å². The van der Waals surface area contributed by atoms with Gasteiger partial charge in [0.2, 0.25) is 0 Å². The van der Waals surface area contributed by atoms with Gasteiger partial charge in [-0.15, -0.1) is 12.4 Å². The molecule has 3 nitrogen and oxygen atoms in total. The minimum atomic E-state index is 0. The predicted molar refractivity (Wildman–Crippen MR) is 80.1 cm³/mol. The molecule has 114 valence electrons. The molecule has 0 N–H and O–H groups in total. The summed E-state index contributed by atoms with van der Waals surface area (Å²) in [6, 6.07) is 0. The minimum absolute atomic E-state index is 0. The molecule has 0 atom stereocenters. The highest BCUT2D eigenvalue weighted by molar-refractivity contribution is 5.87. The average Bonchev–Trinajstić information content (AvgIpc) is 2.38. The fraction of sp³-hybridized carbons (Fsp3) is 0.938. The van der Waals surface area contributed by atoms with Crippen LogP contribution >= 0.6 is 12.4 Å². The first-order chi connectivity index (χ1) is 9.23. The van der Waals surface area contributed by atoms with Crippen LogP contribution in [0.25, 0.3) is 0 Å². The van der Waals surface area contributed by atoms with Gasteiger partial charge in [-0.05, 0) is 56.3 Å². The molecule has 0 amide bonds. The lowest BCUT2D eigenvalue weighted by Gasteiger charge is -2.56. The summed E-state index contributed by atoms with van der Waals surface area (Å²) in [6.07, 6.45) is 7.89. The monoisotopic (exact) mass is 299 g/mol. The van der Waals surface area contributed by atoms with Crippen molar-refractivity contribution in [2.24, 2.45) is 23.2 Å². The SMILES string of the molecule is Cl.O=C(CN1CCOCC1)C12CC3CC(CC(C3)C1)C2. The van der Waals surface area contributed by atoms with Crippen molar-refractivity contribution in [2.45, 2.75) is 38.5 Å². The number of rotatable bonds is 3. The van der Waals surface area contributed by atoms with Crippen LogP contribution in [0.2, 0.25) is 0 Å². The molecule has 4 aliphatic carbocycles. The molecule has 4 bridgehead atoms. The molecule has 20 heavy (non-hydrogen) atoms. The maximum atomic E-state index is 12.9. The van der Waals surface area contributed by atoms with E-state index in [2.05, 4.69) is 4.90 Å². The highest BCUT2D eigenvalue weighted by Crippen LogP contribution is 2.60. The zero-order chi connectivity index (χ0) is 12.9. The van der Waals surface area contributed by atoms with Crippen molar-refractivity contribution in [1.29, 1.82) is 0 Å². The summed E-state index contributed by atoms with van der Waals surface area (Å²) in [5.74, 6) is 3.19. The summed E-state index contributed by atoms with van der Waals surface area (Å²) in [6.45, 7) is 4.17. The molecule has 0 aromatic heterocycles. The van der Waals surface area contributed by atoms with Gasteiger partial charge < -0.3 is 4.74 Å². The number of morpholine rings is 1. The predicted octanol–water partition coefficient (Wildman–Crippen LogP) is 2.53. The Labute approximate surface area is 127 Å². The van der Waals surface area contributed by atoms with E-state index in [4.69, 9.17) is 4.74 Å². The highest BCUT2D eigenvalue weighted by Gasteiger charge is 2.54. The van der Waals surface area contributed by atoms with E-state index in [-0.39, 0.29) is 17.8 Å². The third kappa shape index (κ3) is 2.53. The fourth-order valence-electron chi connectivity index (χ4n) is 5.58. The summed E-state index contributed by atoms with van der Waals surface area (Å²) in [4.78, 5) is 15.2. The molecule has 1 aliphatic heterocycles. The largest absolute Gasteiger partial charge is 0.379 e. The second-order valence-electron chi connectivity index (χ2n) is 7.51. The summed E-state index contributed by atoms with van der Waals surface area (Å²) < 4.78 is 5.38. The number of ether oxygens (including phenoxy) is 1. The lowest BCUT2D eigenvalue weighted by atomic mass is 9.48. The molecule has 5 fully saturated rings. The van der Waals surface area contributed by atoms with Gasteiger partial charge in [0.25, 0.3) is 0 Å². The number of halogens is 1. The number of carbonyl (C=O) groups excluding carboxylic acids is 1. The molecule has 0 aromatic carbocycles. The molecule has 5 aliphatic rings. The van der Waals surface area contributed by atoms with E-state index in [0.29, 0.717) is 12.3 Å². The lowest BCUT2D eigenvalue weighted by molar-refractivity contribution is -0.145. The number of nitrogens with zero attached hydrogens (tertiary/aromatic N) is 1. The van der Waals surface area contributed by atoms with Crippen LogP contribution in [0.4, 0.5) is 0 Å². The Kier molecular flexibility index (Phi) is 4.13. The smallest absolute Gasteiger partial charge is 0.152 e. The maximum Gasteiger partial charge on any atom is 0.152 e. The number of hydrogen-bond acceptors (Lipinski definition) is 3. The molecule has 1 heterocycles. The van der Waals surface area contributed by atoms with Crippen LogP contribution in [0.5, 0.6) is 0 Å². The zero-order valence-electron chi connectivity index (χ0n) is 12.2. The summed E-state index contributed by atoms with van der Waals surface area (Å²) in [5, 5.41) is 0. The van der Waals surface area contributed by atoms with E-state index in [1.54, 1.807) is 0 Å². The third-order valence-corrected chi connectivity index (χ3v) is 6.10. The van der Waals surface area contributed by atoms with E-state index in [9.17, 15) is 4.79 Å². The molecular weight excluding hydrogens is 274 g/mol. The van der Waals surface area contributed by atoms with Gasteiger partial charge in [-0.2, -0.15) is 0 Å². The van der Waals surface area contributed by atoms with Crippen molar-refractivity contribution in [3.8, 4) is 0 Å². The molecule has 0 aromatic rings. The molecule has 4 heteroatoms. The van der Waals surface area contributed by atoms with Gasteiger partial charge in [0, 0.05) is 18.5 Å². The van der Waals surface area contributed by atoms with E-state index in [1.807, 2.05) is 0 Å². The van der Waals surface area contributed by atoms with Crippen molar-refractivity contribution in [1.82, 2.24) is 4.90 Å². The van der Waals surface area contributed by atoms with E-state index < -0.39 is 0 Å². The van der Waals surface area contributed by atoms with Crippen LogP contribution in [-0.4, -0.2) is 43.5 Å². The highest BCUT2D eigenvalue weighted by atomic mass is 35.5. The Morgan fingerprint density at radius 2 is 1.50 bits per heavy atom. The van der Waals surface area contributed by atoms with Gasteiger partial charge in [-0.1, -0.05) is 0 Å². The molecule has 4 saturated carbocycles. The Balaban J connectivity index is 0.00000121. The standard InChI is InChI=1S/C16H25NO2.ClH/c18-15(11-17-1-3-19-4-2-17)16-8-12-5-13(9-16)7-14(6-12)10-16;/h12-14H,1-11H2;1H. The third-order valence-electron chi connectivity index (χ3n) is 6.10. The molecule has 5 rings (SSSR count). The Bertz CT molecular complexity index is 343. The number of Topliss-reactive ketones (excluding diaryl/α,β-unsaturated/α-hetero) is 1. The van der Waals surface area contributed by atoms with E-state index in [1.165, 1.54) is 38.5 Å². The summed E-state index contributed by atoms with van der Waals surface area (Å²) in [5.41, 5.74) is 0.0903. The summed E-state index contributed by atoms with van der Waals surface area (Å²) >= 11 is 0. The first kappa shape index (κ1) is 14.8. The molecular formula is C16H26ClNO2. The molecule has 0 unspecified atom stereocenters. The van der Waals surface area contributed by atoms with Crippen molar-refractivity contribution in [3.63, 3.8) is 0 Å². The Hall–Kier alpha value is -0.120. The summed E-state index contributed by atoms with van der Waals surface area (Å²) in [7, 11) is 0. The minimum Gasteiger partial charge on any atom is -0.379 e. The average molecular weight is 300 g/mol. The van der Waals surface area contributed by atoms with E-state index in [0.717, 1.165) is 44.1 Å². The van der Waals surface area contributed by atoms with Crippen molar-refractivity contribution in [3.05, 3.63) is 0 Å². The van der Waals surface area contributed by atoms with Crippen LogP contribution in [0, 0.1) is 23.2 Å². The van der Waals surface area contributed by atoms with Crippen LogP contribution in [0.3, 0.4) is 0 Å². The first-order valence-electron chi connectivity index (χ1n) is 8.07. The number of hydrogen-bond donors (Lipinski definition) is 0. The number of carbonyl (C=O) groups is 1. The maximum absolute atomic E-state index is 12.9.